The lowest BCUT2D eigenvalue weighted by molar-refractivity contribution is -0.138. The van der Waals surface area contributed by atoms with Crippen molar-refractivity contribution in [2.75, 3.05) is 20.1 Å². The maximum absolute atomic E-state index is 12.1. The maximum Gasteiger partial charge on any atom is 0.323 e. The van der Waals surface area contributed by atoms with Gasteiger partial charge in [-0.05, 0) is 12.1 Å². The monoisotopic (exact) mass is 319 g/mol. The van der Waals surface area contributed by atoms with Crippen molar-refractivity contribution in [2.24, 2.45) is 5.73 Å². The van der Waals surface area contributed by atoms with E-state index in [1.807, 2.05) is 0 Å². The van der Waals surface area contributed by atoms with E-state index in [2.05, 4.69) is 0 Å². The van der Waals surface area contributed by atoms with Crippen LogP contribution in [0, 0.1) is 0 Å². The van der Waals surface area contributed by atoms with Gasteiger partial charge in [-0.1, -0.05) is 11.6 Å². The summed E-state index contributed by atoms with van der Waals surface area (Å²) in [5.41, 5.74) is 5.00. The highest BCUT2D eigenvalue weighted by Gasteiger charge is 2.22. The van der Waals surface area contributed by atoms with Crippen molar-refractivity contribution in [2.45, 2.75) is 6.54 Å². The first-order valence-electron chi connectivity index (χ1n) is 5.54. The van der Waals surface area contributed by atoms with Gasteiger partial charge in [0.2, 0.25) is 5.91 Å². The third kappa shape index (κ3) is 5.06. The van der Waals surface area contributed by atoms with Gasteiger partial charge in [0.05, 0.1) is 10.9 Å². The van der Waals surface area contributed by atoms with Crippen LogP contribution in [-0.4, -0.2) is 53.0 Å². The lowest BCUT2D eigenvalue weighted by atomic mass is 10.4. The van der Waals surface area contributed by atoms with Gasteiger partial charge in [-0.15, -0.1) is 11.3 Å². The number of halogens is 1. The lowest BCUT2D eigenvalue weighted by Crippen LogP contribution is -2.47. The molecule has 0 aliphatic heterocycles. The molecule has 20 heavy (non-hydrogen) atoms. The predicted molar refractivity (Wildman–Crippen MR) is 74.6 cm³/mol. The Balaban J connectivity index is 2.71. The zero-order valence-electron chi connectivity index (χ0n) is 10.7. The molecule has 0 unspecified atom stereocenters. The first kappa shape index (κ1) is 16.3. The van der Waals surface area contributed by atoms with Crippen molar-refractivity contribution < 1.29 is 19.5 Å². The first-order chi connectivity index (χ1) is 9.29. The number of carbonyl (C=O) groups excluding carboxylic acids is 2. The zero-order chi connectivity index (χ0) is 15.3. The molecule has 0 aliphatic carbocycles. The molecule has 0 saturated carbocycles. The lowest BCUT2D eigenvalue weighted by Gasteiger charge is -2.25. The molecule has 9 heteroatoms. The number of thiophene rings is 1. The van der Waals surface area contributed by atoms with Crippen molar-refractivity contribution in [1.82, 2.24) is 9.80 Å². The van der Waals surface area contributed by atoms with Crippen molar-refractivity contribution in [1.29, 1.82) is 0 Å². The van der Waals surface area contributed by atoms with Crippen LogP contribution in [-0.2, 0) is 16.1 Å². The molecular weight excluding hydrogens is 306 g/mol. The van der Waals surface area contributed by atoms with Crippen molar-refractivity contribution in [3.63, 3.8) is 0 Å². The maximum atomic E-state index is 12.1. The number of amides is 3. The molecule has 0 saturated heterocycles. The highest BCUT2D eigenvalue weighted by Crippen LogP contribution is 2.22. The average Bonchev–Trinajstić information content (AvgIpc) is 2.71. The normalized spacial score (nSPS) is 10.1. The topological polar surface area (TPSA) is 104 Å². The summed E-state index contributed by atoms with van der Waals surface area (Å²) < 4.78 is 0.598. The third-order valence-electron chi connectivity index (χ3n) is 2.29. The van der Waals surface area contributed by atoms with E-state index >= 15 is 0 Å². The van der Waals surface area contributed by atoms with E-state index in [1.54, 1.807) is 12.1 Å². The number of primary amides is 1. The number of urea groups is 1. The van der Waals surface area contributed by atoms with Crippen LogP contribution < -0.4 is 5.73 Å². The minimum Gasteiger partial charge on any atom is -0.480 e. The molecule has 0 aromatic carbocycles. The molecule has 0 bridgehead atoms. The predicted octanol–water partition coefficient (Wildman–Crippen LogP) is 0.825. The van der Waals surface area contributed by atoms with Gasteiger partial charge in [0.15, 0.2) is 0 Å². The second-order valence-corrected chi connectivity index (χ2v) is 5.86. The smallest absolute Gasteiger partial charge is 0.323 e. The summed E-state index contributed by atoms with van der Waals surface area (Å²) in [6, 6.07) is 2.89. The van der Waals surface area contributed by atoms with Gasteiger partial charge in [-0.2, -0.15) is 0 Å². The number of nitrogens with two attached hydrogens (primary N) is 1. The van der Waals surface area contributed by atoms with Crippen molar-refractivity contribution in [3.05, 3.63) is 21.3 Å². The van der Waals surface area contributed by atoms with Gasteiger partial charge in [0, 0.05) is 11.9 Å². The number of aliphatic carboxylic acids is 1. The molecule has 0 spiro atoms. The summed E-state index contributed by atoms with van der Waals surface area (Å²) in [5.74, 6) is -1.99. The largest absolute Gasteiger partial charge is 0.480 e. The van der Waals surface area contributed by atoms with Gasteiger partial charge < -0.3 is 20.6 Å². The Morgan fingerprint density at radius 3 is 2.45 bits per heavy atom. The summed E-state index contributed by atoms with van der Waals surface area (Å²) in [6.45, 7) is -0.761. The van der Waals surface area contributed by atoms with E-state index in [1.165, 1.54) is 23.3 Å². The Morgan fingerprint density at radius 1 is 1.35 bits per heavy atom. The van der Waals surface area contributed by atoms with Crippen LogP contribution in [0.1, 0.15) is 4.88 Å². The van der Waals surface area contributed by atoms with Crippen molar-refractivity contribution >= 4 is 40.8 Å². The molecule has 7 nitrogen and oxygen atoms in total. The molecule has 1 rings (SSSR count). The van der Waals surface area contributed by atoms with Crippen molar-refractivity contribution in [3.8, 4) is 0 Å². The quantitative estimate of drug-likeness (QED) is 0.810. The van der Waals surface area contributed by atoms with Gasteiger partial charge in [-0.3, -0.25) is 9.59 Å². The van der Waals surface area contributed by atoms with Crippen LogP contribution in [0.3, 0.4) is 0 Å². The number of carbonyl (C=O) groups is 3. The molecule has 1 heterocycles. The molecule has 0 aliphatic rings. The molecule has 110 valence electrons. The Kier molecular flexibility index (Phi) is 5.78. The van der Waals surface area contributed by atoms with Gasteiger partial charge in [-0.25, -0.2) is 4.79 Å². The number of hydrogen-bond donors (Lipinski definition) is 2. The third-order valence-corrected chi connectivity index (χ3v) is 3.51. The Hall–Kier alpha value is -1.80. The van der Waals surface area contributed by atoms with Crippen LogP contribution in [0.15, 0.2) is 12.1 Å². The fraction of sp³-hybridized carbons (Fsp3) is 0.364. The summed E-state index contributed by atoms with van der Waals surface area (Å²) in [6.07, 6.45) is 0. The summed E-state index contributed by atoms with van der Waals surface area (Å²) in [4.78, 5) is 36.7. The van der Waals surface area contributed by atoms with Gasteiger partial charge in [0.1, 0.15) is 13.1 Å². The van der Waals surface area contributed by atoms with E-state index in [0.717, 1.165) is 9.78 Å². The second-order valence-electron chi connectivity index (χ2n) is 4.06. The van der Waals surface area contributed by atoms with E-state index in [-0.39, 0.29) is 6.54 Å². The second kappa shape index (κ2) is 7.11. The number of rotatable bonds is 6. The minimum atomic E-state index is -1.22. The molecule has 0 atom stereocenters. The van der Waals surface area contributed by atoms with Crippen LogP contribution in [0.25, 0.3) is 0 Å². The number of hydrogen-bond acceptors (Lipinski definition) is 4. The molecule has 0 radical (unpaired) electrons. The highest BCUT2D eigenvalue weighted by atomic mass is 35.5. The number of nitrogens with zero attached hydrogens (tertiary/aromatic N) is 2. The first-order valence-corrected chi connectivity index (χ1v) is 6.73. The molecule has 0 fully saturated rings. The fourth-order valence-corrected chi connectivity index (χ4v) is 2.66. The van der Waals surface area contributed by atoms with E-state index in [9.17, 15) is 14.4 Å². The molecule has 1 aromatic rings. The van der Waals surface area contributed by atoms with E-state index in [0.29, 0.717) is 4.34 Å². The molecule has 3 N–H and O–H groups in total. The molecule has 1 aromatic heterocycles. The highest BCUT2D eigenvalue weighted by molar-refractivity contribution is 7.16. The molecule has 3 amide bonds. The fourth-order valence-electron chi connectivity index (χ4n) is 1.52. The van der Waals surface area contributed by atoms with Crippen LogP contribution in [0.2, 0.25) is 4.34 Å². The van der Waals surface area contributed by atoms with Crippen LogP contribution in [0.5, 0.6) is 0 Å². The summed E-state index contributed by atoms with van der Waals surface area (Å²) in [7, 11) is 1.51. The SMILES string of the molecule is CN(Cc1ccc(Cl)s1)C(=O)N(CC(N)=O)CC(=O)O. The zero-order valence-corrected chi connectivity index (χ0v) is 12.3. The van der Waals surface area contributed by atoms with E-state index in [4.69, 9.17) is 22.4 Å². The Morgan fingerprint density at radius 2 is 2.00 bits per heavy atom. The summed E-state index contributed by atoms with van der Waals surface area (Å²) in [5, 5.41) is 8.74. The molecular formula is C11H14ClN3O4S. The van der Waals surface area contributed by atoms with Gasteiger partial charge >= 0.3 is 12.0 Å². The Bertz CT molecular complexity index is 504. The minimum absolute atomic E-state index is 0.269. The average molecular weight is 320 g/mol. The summed E-state index contributed by atoms with van der Waals surface area (Å²) >= 11 is 7.11. The standard InChI is InChI=1S/C11H14ClN3O4S/c1-14(4-7-2-3-8(12)20-7)11(19)15(5-9(13)16)6-10(17)18/h2-3H,4-6H2,1H3,(H2,13,16)(H,17,18). The Labute approximate surface area is 124 Å². The van der Waals surface area contributed by atoms with Crippen LogP contribution >= 0.6 is 22.9 Å². The van der Waals surface area contributed by atoms with Crippen LogP contribution in [0.4, 0.5) is 4.79 Å². The number of carboxylic acids is 1. The van der Waals surface area contributed by atoms with Gasteiger partial charge in [0.25, 0.3) is 0 Å². The van der Waals surface area contributed by atoms with E-state index < -0.39 is 31.0 Å². The number of carboxylic acid groups (broad SMARTS) is 1.